The van der Waals surface area contributed by atoms with Crippen LogP contribution in [0.15, 0.2) is 0 Å². The summed E-state index contributed by atoms with van der Waals surface area (Å²) in [5.41, 5.74) is -0.775. The first-order chi connectivity index (χ1) is 5.89. The van der Waals surface area contributed by atoms with Crippen LogP contribution in [0.1, 0.15) is 40.0 Å². The summed E-state index contributed by atoms with van der Waals surface area (Å²) in [6.45, 7) is 5.40. The summed E-state index contributed by atoms with van der Waals surface area (Å²) in [5, 5.41) is 9.76. The molecule has 0 aliphatic carbocycles. The standard InChI is InChI=1S/C10H18O3/c1-7-4-5-8(10(2,3)12)6-9(11)13-7/h7-8,12H,4-6H2,1-3H3/t7-,8+/m0/s1. The normalized spacial score (nSPS) is 30.9. The fourth-order valence-corrected chi connectivity index (χ4v) is 1.67. The zero-order chi connectivity index (χ0) is 10.1. The van der Waals surface area contributed by atoms with Crippen molar-refractivity contribution in [1.29, 1.82) is 0 Å². The van der Waals surface area contributed by atoms with Gasteiger partial charge in [-0.1, -0.05) is 0 Å². The van der Waals surface area contributed by atoms with Crippen LogP contribution in [0.4, 0.5) is 0 Å². The second kappa shape index (κ2) is 3.66. The smallest absolute Gasteiger partial charge is 0.306 e. The minimum Gasteiger partial charge on any atom is -0.463 e. The second-order valence-corrected chi connectivity index (χ2v) is 4.43. The molecule has 3 nitrogen and oxygen atoms in total. The molecule has 0 unspecified atom stereocenters. The lowest BCUT2D eigenvalue weighted by molar-refractivity contribution is -0.148. The fraction of sp³-hybridized carbons (Fsp3) is 0.900. The van der Waals surface area contributed by atoms with Crippen molar-refractivity contribution in [2.45, 2.75) is 51.7 Å². The third kappa shape index (κ3) is 2.99. The van der Waals surface area contributed by atoms with Crippen LogP contribution >= 0.6 is 0 Å². The van der Waals surface area contributed by atoms with Gasteiger partial charge in [-0.2, -0.15) is 0 Å². The number of ether oxygens (including phenoxy) is 1. The first-order valence-electron chi connectivity index (χ1n) is 4.81. The topological polar surface area (TPSA) is 46.5 Å². The van der Waals surface area contributed by atoms with E-state index in [2.05, 4.69) is 0 Å². The molecule has 0 aromatic heterocycles. The van der Waals surface area contributed by atoms with Gasteiger partial charge in [0.25, 0.3) is 0 Å². The Kier molecular flexibility index (Phi) is 2.96. The molecule has 0 aromatic carbocycles. The van der Waals surface area contributed by atoms with E-state index in [1.54, 1.807) is 13.8 Å². The number of aliphatic hydroxyl groups is 1. The molecule has 0 amide bonds. The Morgan fingerprint density at radius 3 is 2.62 bits per heavy atom. The molecule has 1 fully saturated rings. The van der Waals surface area contributed by atoms with E-state index in [1.807, 2.05) is 6.92 Å². The van der Waals surface area contributed by atoms with E-state index in [0.717, 1.165) is 12.8 Å². The Balaban J connectivity index is 2.63. The molecule has 1 rings (SSSR count). The summed E-state index contributed by atoms with van der Waals surface area (Å²) >= 11 is 0. The van der Waals surface area contributed by atoms with E-state index in [4.69, 9.17) is 4.74 Å². The van der Waals surface area contributed by atoms with Crippen molar-refractivity contribution in [3.63, 3.8) is 0 Å². The lowest BCUT2D eigenvalue weighted by Crippen LogP contribution is -2.31. The Bertz CT molecular complexity index is 193. The van der Waals surface area contributed by atoms with Crippen LogP contribution in [0, 0.1) is 5.92 Å². The average Bonchev–Trinajstić information content (AvgIpc) is 2.09. The lowest BCUT2D eigenvalue weighted by atomic mass is 9.84. The molecular formula is C10H18O3. The van der Waals surface area contributed by atoms with Crippen molar-refractivity contribution >= 4 is 5.97 Å². The zero-order valence-corrected chi connectivity index (χ0v) is 8.54. The molecule has 1 aliphatic heterocycles. The van der Waals surface area contributed by atoms with Gasteiger partial charge in [0.05, 0.1) is 18.1 Å². The molecule has 3 heteroatoms. The van der Waals surface area contributed by atoms with Gasteiger partial charge < -0.3 is 9.84 Å². The highest BCUT2D eigenvalue weighted by Crippen LogP contribution is 2.29. The Morgan fingerprint density at radius 2 is 2.08 bits per heavy atom. The van der Waals surface area contributed by atoms with Crippen LogP contribution in [-0.4, -0.2) is 22.8 Å². The molecule has 2 atom stereocenters. The van der Waals surface area contributed by atoms with E-state index in [-0.39, 0.29) is 18.0 Å². The molecule has 0 radical (unpaired) electrons. The molecule has 0 spiro atoms. The summed E-state index contributed by atoms with van der Waals surface area (Å²) in [6, 6.07) is 0. The van der Waals surface area contributed by atoms with Crippen molar-refractivity contribution in [1.82, 2.24) is 0 Å². The minimum absolute atomic E-state index is 0.000139. The van der Waals surface area contributed by atoms with Crippen LogP contribution in [-0.2, 0) is 9.53 Å². The third-order valence-electron chi connectivity index (χ3n) is 2.67. The van der Waals surface area contributed by atoms with Gasteiger partial charge in [-0.05, 0) is 39.5 Å². The Morgan fingerprint density at radius 1 is 1.46 bits per heavy atom. The van der Waals surface area contributed by atoms with Gasteiger partial charge in [-0.3, -0.25) is 4.79 Å². The highest BCUT2D eigenvalue weighted by Gasteiger charge is 2.32. The van der Waals surface area contributed by atoms with Crippen LogP contribution in [0.3, 0.4) is 0 Å². The molecule has 0 saturated carbocycles. The highest BCUT2D eigenvalue weighted by atomic mass is 16.5. The number of hydrogen-bond donors (Lipinski definition) is 1. The van der Waals surface area contributed by atoms with Crippen LogP contribution < -0.4 is 0 Å². The fourth-order valence-electron chi connectivity index (χ4n) is 1.67. The van der Waals surface area contributed by atoms with E-state index in [1.165, 1.54) is 0 Å². The van der Waals surface area contributed by atoms with Gasteiger partial charge in [0.15, 0.2) is 0 Å². The summed E-state index contributed by atoms with van der Waals surface area (Å²) in [6.07, 6.45) is 2.05. The van der Waals surface area contributed by atoms with Crippen LogP contribution in [0.2, 0.25) is 0 Å². The van der Waals surface area contributed by atoms with Crippen LogP contribution in [0.25, 0.3) is 0 Å². The largest absolute Gasteiger partial charge is 0.463 e. The first-order valence-corrected chi connectivity index (χ1v) is 4.81. The summed E-state index contributed by atoms with van der Waals surface area (Å²) in [4.78, 5) is 11.2. The van der Waals surface area contributed by atoms with Crippen molar-refractivity contribution in [2.75, 3.05) is 0 Å². The molecule has 1 heterocycles. The van der Waals surface area contributed by atoms with Crippen molar-refractivity contribution in [3.8, 4) is 0 Å². The maximum absolute atomic E-state index is 11.2. The minimum atomic E-state index is -0.775. The second-order valence-electron chi connectivity index (χ2n) is 4.43. The molecule has 0 aromatic rings. The number of esters is 1. The van der Waals surface area contributed by atoms with Crippen molar-refractivity contribution in [2.24, 2.45) is 5.92 Å². The maximum atomic E-state index is 11.2. The third-order valence-corrected chi connectivity index (χ3v) is 2.67. The molecule has 1 saturated heterocycles. The number of cyclic esters (lactones) is 1. The highest BCUT2D eigenvalue weighted by molar-refractivity contribution is 5.70. The van der Waals surface area contributed by atoms with E-state index in [9.17, 15) is 9.90 Å². The van der Waals surface area contributed by atoms with Gasteiger partial charge in [-0.15, -0.1) is 0 Å². The van der Waals surface area contributed by atoms with Crippen molar-refractivity contribution < 1.29 is 14.6 Å². The van der Waals surface area contributed by atoms with Gasteiger partial charge in [0.1, 0.15) is 0 Å². The number of carbonyl (C=O) groups is 1. The lowest BCUT2D eigenvalue weighted by Gasteiger charge is -2.26. The van der Waals surface area contributed by atoms with Crippen molar-refractivity contribution in [3.05, 3.63) is 0 Å². The predicted octanol–water partition coefficient (Wildman–Crippen LogP) is 1.49. The van der Waals surface area contributed by atoms with E-state index in [0.29, 0.717) is 6.42 Å². The number of hydrogen-bond acceptors (Lipinski definition) is 3. The number of rotatable bonds is 1. The number of carbonyl (C=O) groups excluding carboxylic acids is 1. The van der Waals surface area contributed by atoms with Crippen LogP contribution in [0.5, 0.6) is 0 Å². The average molecular weight is 186 g/mol. The Labute approximate surface area is 79.1 Å². The van der Waals surface area contributed by atoms with Gasteiger partial charge in [0.2, 0.25) is 0 Å². The molecule has 0 bridgehead atoms. The molecule has 1 aliphatic rings. The van der Waals surface area contributed by atoms with Gasteiger partial charge in [-0.25, -0.2) is 0 Å². The summed E-state index contributed by atoms with van der Waals surface area (Å²) < 4.78 is 5.09. The Hall–Kier alpha value is -0.570. The monoisotopic (exact) mass is 186 g/mol. The SMILES string of the molecule is C[C@H]1CC[C@@H](C(C)(C)O)CC(=O)O1. The maximum Gasteiger partial charge on any atom is 0.306 e. The summed E-state index contributed by atoms with van der Waals surface area (Å²) in [7, 11) is 0. The predicted molar refractivity (Wildman–Crippen MR) is 49.2 cm³/mol. The zero-order valence-electron chi connectivity index (χ0n) is 8.54. The van der Waals surface area contributed by atoms with Gasteiger partial charge in [0, 0.05) is 0 Å². The van der Waals surface area contributed by atoms with E-state index < -0.39 is 5.60 Å². The molecule has 1 N–H and O–H groups in total. The quantitative estimate of drug-likeness (QED) is 0.631. The van der Waals surface area contributed by atoms with Gasteiger partial charge >= 0.3 is 5.97 Å². The summed E-state index contributed by atoms with van der Waals surface area (Å²) in [5.74, 6) is -0.151. The van der Waals surface area contributed by atoms with E-state index >= 15 is 0 Å². The molecule has 76 valence electrons. The molecular weight excluding hydrogens is 168 g/mol. The first kappa shape index (κ1) is 10.5. The molecule has 13 heavy (non-hydrogen) atoms.